The molecule has 0 saturated heterocycles. The van der Waals surface area contributed by atoms with Crippen molar-refractivity contribution in [3.8, 4) is 0 Å². The van der Waals surface area contributed by atoms with Crippen LogP contribution in [-0.4, -0.2) is 84.0 Å². The molecule has 2 aromatic carbocycles. The Balaban J connectivity index is 0. The van der Waals surface area contributed by atoms with Crippen molar-refractivity contribution in [2.75, 3.05) is 13.1 Å². The number of alkyl carbamates (subject to hydrolysis) is 3. The molecule has 0 bridgehead atoms. The first-order chi connectivity index (χ1) is 24.5. The predicted molar refractivity (Wildman–Crippen MR) is 214 cm³/mol. The van der Waals surface area contributed by atoms with Gasteiger partial charge in [-0.1, -0.05) is 75.5 Å². The number of amides is 3. The second-order valence-electron chi connectivity index (χ2n) is 15.2. The van der Waals surface area contributed by atoms with Gasteiger partial charge in [0.15, 0.2) is 11.6 Å². The summed E-state index contributed by atoms with van der Waals surface area (Å²) >= 11 is 0. The summed E-state index contributed by atoms with van der Waals surface area (Å²) in [5.41, 5.74) is 5.44. The molecule has 3 amide bonds. The lowest BCUT2D eigenvalue weighted by atomic mass is 10.1. The lowest BCUT2D eigenvalue weighted by Crippen LogP contribution is -2.53. The molecule has 312 valence electrons. The molecule has 0 saturated carbocycles. The molecule has 4 atom stereocenters. The normalized spacial score (nSPS) is 13.3. The summed E-state index contributed by atoms with van der Waals surface area (Å²) in [6.45, 7) is 19.4. The molecule has 5 N–H and O–H groups in total. The number of carbonyl (C=O) groups is 5. The number of nitrogens with two attached hydrogens (primary N) is 1. The minimum atomic E-state index is -1.01. The molecule has 0 spiro atoms. The highest BCUT2D eigenvalue weighted by Gasteiger charge is 2.32. The van der Waals surface area contributed by atoms with Crippen molar-refractivity contribution >= 4 is 29.8 Å². The highest BCUT2D eigenvalue weighted by Crippen LogP contribution is 2.15. The number of benzene rings is 2. The molecule has 55 heavy (non-hydrogen) atoms. The van der Waals surface area contributed by atoms with E-state index in [1.54, 1.807) is 34.6 Å². The van der Waals surface area contributed by atoms with Gasteiger partial charge in [-0.2, -0.15) is 0 Å². The molecular weight excluding hydrogens is 708 g/mol. The minimum absolute atomic E-state index is 0. The molecule has 0 fully saturated rings. The van der Waals surface area contributed by atoms with Crippen molar-refractivity contribution in [2.24, 2.45) is 5.73 Å². The zero-order valence-corrected chi connectivity index (χ0v) is 33.1. The Bertz CT molecular complexity index is 1440. The van der Waals surface area contributed by atoms with Crippen LogP contribution < -0.4 is 21.7 Å². The summed E-state index contributed by atoms with van der Waals surface area (Å²) in [6.07, 6.45) is -3.31. The Morgan fingerprint density at radius 3 is 1.27 bits per heavy atom. The second-order valence-corrected chi connectivity index (χ2v) is 15.2. The van der Waals surface area contributed by atoms with E-state index in [1.807, 2.05) is 102 Å². The lowest BCUT2D eigenvalue weighted by molar-refractivity contribution is -0.128. The Hall–Kier alpha value is -4.53. The maximum atomic E-state index is 12.7. The third kappa shape index (κ3) is 24.5. The molecule has 0 aliphatic rings. The van der Waals surface area contributed by atoms with Gasteiger partial charge < -0.3 is 45.4 Å². The molecule has 14 heteroatoms. The van der Waals surface area contributed by atoms with Gasteiger partial charge >= 0.3 is 18.3 Å². The SMILES string of the molecule is C.C.CC(OC(C)(C)C)[C@H](NC(=O)OCc1ccccc1)C(=O)CN.CC(OC(C)(C)C)[C@H](NC(=O)OCc1ccccc1)C(=O)CNC(=O)OC(C)(C)C. The molecule has 2 unspecified atom stereocenters. The summed E-state index contributed by atoms with van der Waals surface area (Å²) in [5, 5.41) is 7.51. The third-order valence-electron chi connectivity index (χ3n) is 6.69. The number of Topliss-reactive ketones (excluding diaryl/α,β-unsaturated/α-hetero) is 2. The van der Waals surface area contributed by atoms with Gasteiger partial charge in [0.2, 0.25) is 0 Å². The summed E-state index contributed by atoms with van der Waals surface area (Å²) < 4.78 is 27.1. The van der Waals surface area contributed by atoms with Crippen LogP contribution in [0.1, 0.15) is 102 Å². The zero-order chi connectivity index (χ0) is 40.4. The molecule has 2 aromatic rings. The number of rotatable bonds is 15. The van der Waals surface area contributed by atoms with Crippen LogP contribution in [0, 0.1) is 0 Å². The molecule has 0 radical (unpaired) electrons. The van der Waals surface area contributed by atoms with Gasteiger partial charge in [-0.15, -0.1) is 0 Å². The molecule has 0 aliphatic carbocycles. The average Bonchev–Trinajstić information content (AvgIpc) is 3.05. The maximum absolute atomic E-state index is 12.7. The van der Waals surface area contributed by atoms with Crippen molar-refractivity contribution in [1.82, 2.24) is 16.0 Å². The van der Waals surface area contributed by atoms with Crippen molar-refractivity contribution in [1.29, 1.82) is 0 Å². The number of ketones is 2. The molecule has 14 nitrogen and oxygen atoms in total. The lowest BCUT2D eigenvalue weighted by Gasteiger charge is -2.30. The van der Waals surface area contributed by atoms with E-state index in [0.29, 0.717) is 0 Å². The predicted octanol–water partition coefficient (Wildman–Crippen LogP) is 6.86. The minimum Gasteiger partial charge on any atom is -0.445 e. The maximum Gasteiger partial charge on any atom is 0.408 e. The van der Waals surface area contributed by atoms with Crippen LogP contribution in [0.4, 0.5) is 14.4 Å². The van der Waals surface area contributed by atoms with Crippen LogP contribution in [-0.2, 0) is 46.5 Å². The van der Waals surface area contributed by atoms with Gasteiger partial charge in [-0.25, -0.2) is 14.4 Å². The Morgan fingerprint density at radius 2 is 0.945 bits per heavy atom. The number of ether oxygens (including phenoxy) is 5. The van der Waals surface area contributed by atoms with E-state index in [0.717, 1.165) is 11.1 Å². The molecule has 0 aromatic heterocycles. The smallest absolute Gasteiger partial charge is 0.408 e. The van der Waals surface area contributed by atoms with E-state index in [9.17, 15) is 24.0 Å². The second kappa shape index (κ2) is 24.8. The van der Waals surface area contributed by atoms with Crippen LogP contribution in [0.3, 0.4) is 0 Å². The van der Waals surface area contributed by atoms with Crippen LogP contribution in [0.2, 0.25) is 0 Å². The van der Waals surface area contributed by atoms with Gasteiger partial charge in [-0.05, 0) is 87.3 Å². The third-order valence-corrected chi connectivity index (χ3v) is 6.69. The van der Waals surface area contributed by atoms with E-state index in [4.69, 9.17) is 29.4 Å². The first-order valence-corrected chi connectivity index (χ1v) is 17.5. The number of nitrogens with one attached hydrogen (secondary N) is 3. The molecule has 2 rings (SSSR count). The van der Waals surface area contributed by atoms with Gasteiger partial charge in [-0.3, -0.25) is 9.59 Å². The van der Waals surface area contributed by atoms with Crippen LogP contribution in [0.25, 0.3) is 0 Å². The van der Waals surface area contributed by atoms with Crippen molar-refractivity contribution < 1.29 is 47.7 Å². The summed E-state index contributed by atoms with van der Waals surface area (Å²) in [4.78, 5) is 60.7. The molecule has 0 heterocycles. The Kier molecular flexibility index (Phi) is 23.7. The summed E-state index contributed by atoms with van der Waals surface area (Å²) in [7, 11) is 0. The van der Waals surface area contributed by atoms with E-state index in [-0.39, 0.29) is 46.9 Å². The molecular formula is C41H68N4O10. The zero-order valence-electron chi connectivity index (χ0n) is 33.1. The van der Waals surface area contributed by atoms with Gasteiger partial charge in [0, 0.05) is 0 Å². The van der Waals surface area contributed by atoms with E-state index >= 15 is 0 Å². The highest BCUT2D eigenvalue weighted by atomic mass is 16.6. The number of carbonyl (C=O) groups excluding carboxylic acids is 5. The average molecular weight is 777 g/mol. The van der Waals surface area contributed by atoms with E-state index < -0.39 is 65.2 Å². The highest BCUT2D eigenvalue weighted by molar-refractivity contribution is 5.91. The van der Waals surface area contributed by atoms with Gasteiger partial charge in [0.1, 0.15) is 30.9 Å². The topological polar surface area (TPSA) is 194 Å². The molecule has 0 aliphatic heterocycles. The van der Waals surface area contributed by atoms with Crippen LogP contribution in [0.15, 0.2) is 60.7 Å². The Labute approximate surface area is 328 Å². The largest absolute Gasteiger partial charge is 0.445 e. The summed E-state index contributed by atoms with van der Waals surface area (Å²) in [6, 6.07) is 16.6. The van der Waals surface area contributed by atoms with Crippen molar-refractivity contribution in [3.63, 3.8) is 0 Å². The van der Waals surface area contributed by atoms with Crippen molar-refractivity contribution in [2.45, 2.75) is 145 Å². The number of hydrogen-bond acceptors (Lipinski definition) is 11. The fourth-order valence-electron chi connectivity index (χ4n) is 4.66. The standard InChI is InChI=1S/C22H34N2O6.C17H26N2O4.2CH4/c1-15(29-21(2,3)4)18(17(25)13-23-19(26)30-22(5,6)7)24-20(27)28-14-16-11-9-8-10-12-16;1-12(23-17(2,3)4)15(14(20)10-18)19-16(21)22-11-13-8-6-5-7-9-13;;/h8-12,15,18H,13-14H2,1-7H3,(H,23,26)(H,24,27);5-9,12,15H,10-11,18H2,1-4H3,(H,19,21);2*1H4/t15?,18-;12?,15-;;/m00../s1. The summed E-state index contributed by atoms with van der Waals surface area (Å²) in [5.74, 6) is -0.743. The first kappa shape index (κ1) is 52.6. The van der Waals surface area contributed by atoms with E-state index in [2.05, 4.69) is 16.0 Å². The fraction of sp³-hybridized carbons (Fsp3) is 0.585. The van der Waals surface area contributed by atoms with Gasteiger partial charge in [0.05, 0.1) is 36.5 Å². The monoisotopic (exact) mass is 776 g/mol. The number of hydrogen-bond donors (Lipinski definition) is 4. The van der Waals surface area contributed by atoms with Crippen molar-refractivity contribution in [3.05, 3.63) is 71.8 Å². The van der Waals surface area contributed by atoms with Crippen LogP contribution >= 0.6 is 0 Å². The fourth-order valence-corrected chi connectivity index (χ4v) is 4.66. The first-order valence-electron chi connectivity index (χ1n) is 17.5. The Morgan fingerprint density at radius 1 is 0.582 bits per heavy atom. The van der Waals surface area contributed by atoms with Gasteiger partial charge in [0.25, 0.3) is 0 Å². The van der Waals surface area contributed by atoms with E-state index in [1.165, 1.54) is 0 Å². The quantitative estimate of drug-likeness (QED) is 0.138. The van der Waals surface area contributed by atoms with Crippen LogP contribution in [0.5, 0.6) is 0 Å².